The van der Waals surface area contributed by atoms with Crippen LogP contribution in [0.15, 0.2) is 59.0 Å². The standard InChI is InChI=1S/C23H19FN2O5/c24-16-10-8-15(9-11-16)22(28)26-14-4-3-7-19(23(26)29)31-21(27)13-12-20-25-17-5-1-2-6-18(17)30-20/h1-2,5-6,8-13,19H,3-4,7,14H2/b13-12+. The SMILES string of the molecule is O=C(/C=C/c1nc2ccccc2o1)OC1CCCCN(C(=O)c2ccc(F)cc2)C1=O. The van der Waals surface area contributed by atoms with Crippen LogP contribution in [-0.4, -0.2) is 40.3 Å². The van der Waals surface area contributed by atoms with Gasteiger partial charge in [-0.1, -0.05) is 12.1 Å². The second-order valence-corrected chi connectivity index (χ2v) is 7.08. The summed E-state index contributed by atoms with van der Waals surface area (Å²) in [4.78, 5) is 43.1. The Kier molecular flexibility index (Phi) is 5.88. The summed E-state index contributed by atoms with van der Waals surface area (Å²) in [5.41, 5.74) is 1.44. The van der Waals surface area contributed by atoms with Gasteiger partial charge >= 0.3 is 5.97 Å². The van der Waals surface area contributed by atoms with Gasteiger partial charge in [-0.15, -0.1) is 0 Å². The molecule has 31 heavy (non-hydrogen) atoms. The first kappa shape index (κ1) is 20.5. The van der Waals surface area contributed by atoms with Gasteiger partial charge in [-0.3, -0.25) is 14.5 Å². The summed E-state index contributed by atoms with van der Waals surface area (Å²) in [7, 11) is 0. The highest BCUT2D eigenvalue weighted by Gasteiger charge is 2.33. The molecule has 1 unspecified atom stereocenters. The maximum atomic E-state index is 13.1. The van der Waals surface area contributed by atoms with E-state index in [1.165, 1.54) is 18.2 Å². The van der Waals surface area contributed by atoms with E-state index in [2.05, 4.69) is 4.98 Å². The van der Waals surface area contributed by atoms with Crippen molar-refractivity contribution < 1.29 is 27.9 Å². The van der Waals surface area contributed by atoms with Gasteiger partial charge in [-0.05, 0) is 55.7 Å². The minimum absolute atomic E-state index is 0.192. The molecule has 2 amide bonds. The molecule has 1 aromatic heterocycles. The molecule has 0 radical (unpaired) electrons. The first-order valence-electron chi connectivity index (χ1n) is 9.87. The first-order valence-corrected chi connectivity index (χ1v) is 9.87. The quantitative estimate of drug-likeness (QED) is 0.361. The second kappa shape index (κ2) is 8.91. The molecule has 8 heteroatoms. The molecule has 1 aliphatic heterocycles. The Morgan fingerprint density at radius 1 is 1.13 bits per heavy atom. The minimum Gasteiger partial charge on any atom is -0.449 e. The van der Waals surface area contributed by atoms with E-state index in [4.69, 9.17) is 9.15 Å². The number of halogens is 1. The number of para-hydroxylation sites is 2. The highest BCUT2D eigenvalue weighted by Crippen LogP contribution is 2.19. The predicted octanol–water partition coefficient (Wildman–Crippen LogP) is 3.74. The van der Waals surface area contributed by atoms with E-state index in [1.807, 2.05) is 12.1 Å². The van der Waals surface area contributed by atoms with Crippen LogP contribution < -0.4 is 0 Å². The van der Waals surface area contributed by atoms with E-state index in [9.17, 15) is 18.8 Å². The largest absolute Gasteiger partial charge is 0.449 e. The fourth-order valence-corrected chi connectivity index (χ4v) is 3.35. The van der Waals surface area contributed by atoms with E-state index in [0.717, 1.165) is 23.1 Å². The maximum absolute atomic E-state index is 13.1. The van der Waals surface area contributed by atoms with Gasteiger partial charge in [-0.2, -0.15) is 0 Å². The molecule has 0 aliphatic carbocycles. The van der Waals surface area contributed by atoms with Gasteiger partial charge in [0.15, 0.2) is 11.7 Å². The highest BCUT2D eigenvalue weighted by molar-refractivity contribution is 6.06. The number of carbonyl (C=O) groups is 3. The Hall–Kier alpha value is -3.81. The van der Waals surface area contributed by atoms with E-state index >= 15 is 0 Å². The van der Waals surface area contributed by atoms with Crippen LogP contribution in [0.4, 0.5) is 4.39 Å². The van der Waals surface area contributed by atoms with E-state index in [1.54, 1.807) is 12.1 Å². The molecule has 0 saturated carbocycles. The third-order valence-electron chi connectivity index (χ3n) is 4.91. The van der Waals surface area contributed by atoms with Crippen LogP contribution in [0.2, 0.25) is 0 Å². The number of amides is 2. The average molecular weight is 422 g/mol. The lowest BCUT2D eigenvalue weighted by Crippen LogP contribution is -2.43. The molecular weight excluding hydrogens is 403 g/mol. The van der Waals surface area contributed by atoms with Crippen molar-refractivity contribution in [2.24, 2.45) is 0 Å². The molecule has 0 bridgehead atoms. The summed E-state index contributed by atoms with van der Waals surface area (Å²) in [5, 5.41) is 0. The molecule has 4 rings (SSSR count). The lowest BCUT2D eigenvalue weighted by molar-refractivity contribution is -0.154. The van der Waals surface area contributed by atoms with Crippen LogP contribution >= 0.6 is 0 Å². The Balaban J connectivity index is 1.44. The normalized spacial score (nSPS) is 17.1. The first-order chi connectivity index (χ1) is 15.0. The maximum Gasteiger partial charge on any atom is 0.331 e. The number of likely N-dealkylation sites (tertiary alicyclic amines) is 1. The molecule has 3 aromatic rings. The van der Waals surface area contributed by atoms with Crippen molar-refractivity contribution in [2.45, 2.75) is 25.4 Å². The van der Waals surface area contributed by atoms with E-state index in [0.29, 0.717) is 30.4 Å². The third-order valence-corrected chi connectivity index (χ3v) is 4.91. The van der Waals surface area contributed by atoms with Gasteiger partial charge in [0.25, 0.3) is 11.8 Å². The molecule has 1 atom stereocenters. The van der Waals surface area contributed by atoms with E-state index in [-0.39, 0.29) is 18.0 Å². The topological polar surface area (TPSA) is 89.7 Å². The summed E-state index contributed by atoms with van der Waals surface area (Å²) >= 11 is 0. The summed E-state index contributed by atoms with van der Waals surface area (Å²) in [5.74, 6) is -2.11. The van der Waals surface area contributed by atoms with Crippen molar-refractivity contribution >= 4 is 35.0 Å². The fraction of sp³-hybridized carbons (Fsp3) is 0.217. The zero-order chi connectivity index (χ0) is 21.8. The van der Waals surface area contributed by atoms with E-state index < -0.39 is 29.7 Å². The van der Waals surface area contributed by atoms with Gasteiger partial charge in [-0.25, -0.2) is 14.2 Å². The van der Waals surface area contributed by atoms with Crippen molar-refractivity contribution in [1.82, 2.24) is 9.88 Å². The Labute approximate surface area is 177 Å². The number of oxazole rings is 1. The smallest absolute Gasteiger partial charge is 0.331 e. The Bertz CT molecular complexity index is 1120. The van der Waals surface area contributed by atoms with Crippen LogP contribution in [0.3, 0.4) is 0 Å². The number of imide groups is 1. The molecule has 7 nitrogen and oxygen atoms in total. The van der Waals surface area contributed by atoms with Crippen molar-refractivity contribution in [1.29, 1.82) is 0 Å². The van der Waals surface area contributed by atoms with Crippen LogP contribution in [0.1, 0.15) is 35.5 Å². The molecule has 2 aromatic carbocycles. The number of fused-ring (bicyclic) bond motifs is 1. The van der Waals surface area contributed by atoms with Gasteiger partial charge in [0.1, 0.15) is 11.3 Å². The summed E-state index contributed by atoms with van der Waals surface area (Å²) in [6.07, 6.45) is 2.94. The molecular formula is C23H19FN2O5. The number of hydrogen-bond acceptors (Lipinski definition) is 6. The predicted molar refractivity (Wildman–Crippen MR) is 109 cm³/mol. The fourth-order valence-electron chi connectivity index (χ4n) is 3.35. The lowest BCUT2D eigenvalue weighted by atomic mass is 10.1. The van der Waals surface area contributed by atoms with Crippen LogP contribution in [0.25, 0.3) is 17.2 Å². The number of rotatable bonds is 4. The number of esters is 1. The van der Waals surface area contributed by atoms with Gasteiger partial charge < -0.3 is 9.15 Å². The monoisotopic (exact) mass is 422 g/mol. The van der Waals surface area contributed by atoms with Gasteiger partial charge in [0.05, 0.1) is 0 Å². The molecule has 0 N–H and O–H groups in total. The van der Waals surface area contributed by atoms with Gasteiger partial charge in [0.2, 0.25) is 5.89 Å². The van der Waals surface area contributed by atoms with Crippen LogP contribution in [-0.2, 0) is 14.3 Å². The summed E-state index contributed by atoms with van der Waals surface area (Å²) in [6, 6.07) is 12.1. The van der Waals surface area contributed by atoms with Crippen molar-refractivity contribution in [2.75, 3.05) is 6.54 Å². The van der Waals surface area contributed by atoms with Crippen LogP contribution in [0, 0.1) is 5.82 Å². The molecule has 158 valence electrons. The summed E-state index contributed by atoms with van der Waals surface area (Å²) < 4.78 is 23.9. The van der Waals surface area contributed by atoms with Crippen molar-refractivity contribution in [3.63, 3.8) is 0 Å². The highest BCUT2D eigenvalue weighted by atomic mass is 19.1. The van der Waals surface area contributed by atoms with Crippen molar-refractivity contribution in [3.05, 3.63) is 71.9 Å². The number of nitrogens with zero attached hydrogens (tertiary/aromatic N) is 2. The number of ether oxygens (including phenoxy) is 1. The molecule has 1 saturated heterocycles. The van der Waals surface area contributed by atoms with Gasteiger partial charge in [0, 0.05) is 24.3 Å². The second-order valence-electron chi connectivity index (χ2n) is 7.08. The molecule has 2 heterocycles. The average Bonchev–Trinajstić information content (AvgIpc) is 3.11. The lowest BCUT2D eigenvalue weighted by Gasteiger charge is -2.22. The minimum atomic E-state index is -1.08. The zero-order valence-corrected chi connectivity index (χ0v) is 16.5. The van der Waals surface area contributed by atoms with Crippen LogP contribution in [0.5, 0.6) is 0 Å². The number of carbonyl (C=O) groups excluding carboxylic acids is 3. The number of aromatic nitrogens is 1. The number of benzene rings is 2. The zero-order valence-electron chi connectivity index (χ0n) is 16.5. The van der Waals surface area contributed by atoms with Crippen molar-refractivity contribution in [3.8, 4) is 0 Å². The summed E-state index contributed by atoms with van der Waals surface area (Å²) in [6.45, 7) is 0.210. The Morgan fingerprint density at radius 3 is 2.68 bits per heavy atom. The third kappa shape index (κ3) is 4.69. The Morgan fingerprint density at radius 2 is 1.90 bits per heavy atom. The molecule has 0 spiro atoms. The molecule has 1 fully saturated rings. The molecule has 1 aliphatic rings. The number of hydrogen-bond donors (Lipinski definition) is 0.